The average molecular weight is 394 g/mol. The van der Waals surface area contributed by atoms with Gasteiger partial charge in [-0.15, -0.1) is 11.8 Å². The number of hydrogen-bond acceptors (Lipinski definition) is 4. The second-order valence-corrected chi connectivity index (χ2v) is 7.50. The Morgan fingerprint density at radius 1 is 0.964 bits per heavy atom. The molecular formula is C22H22N2O3S. The molecule has 3 aromatic carbocycles. The number of anilines is 1. The van der Waals surface area contributed by atoms with Crippen molar-refractivity contribution >= 4 is 40.0 Å². The molecule has 0 radical (unpaired) electrons. The molecule has 0 aromatic heterocycles. The number of carbonyl (C=O) groups is 2. The second-order valence-electron chi connectivity index (χ2n) is 6.45. The van der Waals surface area contributed by atoms with Gasteiger partial charge >= 0.3 is 0 Å². The fourth-order valence-electron chi connectivity index (χ4n) is 2.51. The van der Waals surface area contributed by atoms with E-state index in [2.05, 4.69) is 29.6 Å². The van der Waals surface area contributed by atoms with Crippen LogP contribution >= 0.6 is 11.8 Å². The van der Waals surface area contributed by atoms with Gasteiger partial charge in [-0.2, -0.15) is 0 Å². The maximum atomic E-state index is 12.2. The van der Waals surface area contributed by atoms with Crippen molar-refractivity contribution in [1.29, 1.82) is 0 Å². The van der Waals surface area contributed by atoms with Crippen LogP contribution in [0.25, 0.3) is 10.8 Å². The van der Waals surface area contributed by atoms with Crippen LogP contribution in [0.5, 0.6) is 5.75 Å². The maximum Gasteiger partial charge on any atom is 0.259 e. The molecule has 0 aliphatic carbocycles. The summed E-state index contributed by atoms with van der Waals surface area (Å²) in [5.74, 6) is 0.727. The topological polar surface area (TPSA) is 58.6 Å². The van der Waals surface area contributed by atoms with Gasteiger partial charge in [-0.1, -0.05) is 30.3 Å². The lowest BCUT2D eigenvalue weighted by molar-refractivity contribution is -0.130. The Kier molecular flexibility index (Phi) is 6.55. The number of amides is 2. The van der Waals surface area contributed by atoms with E-state index in [-0.39, 0.29) is 18.4 Å². The SMILES string of the molecule is CN(C)C(=O)COc1ccc(NC(=O)CSc2ccc3ccccc3c2)cc1. The number of nitrogens with zero attached hydrogens (tertiary/aromatic N) is 1. The minimum Gasteiger partial charge on any atom is -0.484 e. The van der Waals surface area contributed by atoms with Gasteiger partial charge in [-0.3, -0.25) is 9.59 Å². The minimum atomic E-state index is -0.108. The van der Waals surface area contributed by atoms with Crippen molar-refractivity contribution in [1.82, 2.24) is 4.90 Å². The molecule has 28 heavy (non-hydrogen) atoms. The highest BCUT2D eigenvalue weighted by Gasteiger charge is 2.07. The number of thioether (sulfide) groups is 1. The van der Waals surface area contributed by atoms with Gasteiger partial charge in [0.1, 0.15) is 5.75 Å². The van der Waals surface area contributed by atoms with Crippen molar-refractivity contribution in [2.24, 2.45) is 0 Å². The first-order valence-electron chi connectivity index (χ1n) is 8.86. The summed E-state index contributed by atoms with van der Waals surface area (Å²) in [5.41, 5.74) is 0.690. The first kappa shape index (κ1) is 19.8. The third-order valence-corrected chi connectivity index (χ3v) is 5.08. The molecule has 0 heterocycles. The first-order chi connectivity index (χ1) is 13.5. The van der Waals surface area contributed by atoms with Crippen LogP contribution in [0.1, 0.15) is 0 Å². The molecule has 0 saturated heterocycles. The highest BCUT2D eigenvalue weighted by atomic mass is 32.2. The lowest BCUT2D eigenvalue weighted by Crippen LogP contribution is -2.27. The molecule has 3 aromatic rings. The molecule has 2 amide bonds. The van der Waals surface area contributed by atoms with Crippen LogP contribution < -0.4 is 10.1 Å². The summed E-state index contributed by atoms with van der Waals surface area (Å²) >= 11 is 1.50. The second kappa shape index (κ2) is 9.28. The lowest BCUT2D eigenvalue weighted by atomic mass is 10.1. The number of rotatable bonds is 7. The number of likely N-dealkylation sites (N-methyl/N-ethyl adjacent to an activating group) is 1. The van der Waals surface area contributed by atoms with Gasteiger partial charge in [-0.25, -0.2) is 0 Å². The number of carbonyl (C=O) groups excluding carboxylic acids is 2. The van der Waals surface area contributed by atoms with Crippen molar-refractivity contribution < 1.29 is 14.3 Å². The number of benzene rings is 3. The van der Waals surface area contributed by atoms with Gasteiger partial charge in [-0.05, 0) is 47.2 Å². The fourth-order valence-corrected chi connectivity index (χ4v) is 3.26. The van der Waals surface area contributed by atoms with E-state index in [0.29, 0.717) is 17.2 Å². The molecule has 6 heteroatoms. The van der Waals surface area contributed by atoms with Gasteiger partial charge < -0.3 is 15.0 Å². The number of nitrogens with one attached hydrogen (secondary N) is 1. The van der Waals surface area contributed by atoms with E-state index < -0.39 is 0 Å². The van der Waals surface area contributed by atoms with Crippen molar-refractivity contribution in [2.45, 2.75) is 4.90 Å². The molecule has 1 N–H and O–H groups in total. The van der Waals surface area contributed by atoms with Gasteiger partial charge in [0, 0.05) is 24.7 Å². The Bertz CT molecular complexity index is 971. The zero-order valence-corrected chi connectivity index (χ0v) is 16.7. The summed E-state index contributed by atoms with van der Waals surface area (Å²) in [5, 5.41) is 5.22. The quantitative estimate of drug-likeness (QED) is 0.615. The molecule has 0 atom stereocenters. The van der Waals surface area contributed by atoms with Crippen LogP contribution in [-0.4, -0.2) is 43.2 Å². The summed E-state index contributed by atoms with van der Waals surface area (Å²) < 4.78 is 5.42. The predicted molar refractivity (Wildman–Crippen MR) is 114 cm³/mol. The smallest absolute Gasteiger partial charge is 0.259 e. The zero-order valence-electron chi connectivity index (χ0n) is 15.8. The molecular weight excluding hydrogens is 372 g/mol. The van der Waals surface area contributed by atoms with Gasteiger partial charge in [0.05, 0.1) is 5.75 Å². The van der Waals surface area contributed by atoms with Gasteiger partial charge in [0.25, 0.3) is 5.91 Å². The van der Waals surface area contributed by atoms with Gasteiger partial charge in [0.2, 0.25) is 5.91 Å². The van der Waals surface area contributed by atoms with Gasteiger partial charge in [0.15, 0.2) is 6.61 Å². The fraction of sp³-hybridized carbons (Fsp3) is 0.182. The minimum absolute atomic E-state index is 0.0128. The molecule has 0 aliphatic rings. The van der Waals surface area contributed by atoms with E-state index in [1.165, 1.54) is 22.0 Å². The molecule has 144 valence electrons. The van der Waals surface area contributed by atoms with Crippen molar-refractivity contribution in [2.75, 3.05) is 31.8 Å². The van der Waals surface area contributed by atoms with Crippen molar-refractivity contribution in [3.05, 3.63) is 66.7 Å². The Hall–Kier alpha value is -2.99. The normalized spacial score (nSPS) is 10.5. The molecule has 5 nitrogen and oxygen atoms in total. The maximum absolute atomic E-state index is 12.2. The van der Waals surface area contributed by atoms with Crippen molar-refractivity contribution in [3.63, 3.8) is 0 Å². The Labute approximate surface area is 168 Å². The Balaban J connectivity index is 1.49. The average Bonchev–Trinajstić information content (AvgIpc) is 2.71. The summed E-state index contributed by atoms with van der Waals surface area (Å²) in [7, 11) is 3.36. The largest absolute Gasteiger partial charge is 0.484 e. The van der Waals surface area contributed by atoms with Crippen LogP contribution in [-0.2, 0) is 9.59 Å². The van der Waals surface area contributed by atoms with Crippen LogP contribution in [0.4, 0.5) is 5.69 Å². The third-order valence-electron chi connectivity index (χ3n) is 4.09. The van der Waals surface area contributed by atoms with Crippen LogP contribution in [0.3, 0.4) is 0 Å². The standard InChI is InChI=1S/C22H22N2O3S/c1-24(2)22(26)14-27-19-10-8-18(9-11-19)23-21(25)15-28-20-12-7-16-5-3-4-6-17(16)13-20/h3-13H,14-15H2,1-2H3,(H,23,25). The van der Waals surface area contributed by atoms with E-state index in [0.717, 1.165) is 10.3 Å². The molecule has 0 spiro atoms. The Morgan fingerprint density at radius 3 is 2.39 bits per heavy atom. The molecule has 3 rings (SSSR count). The molecule has 0 saturated carbocycles. The highest BCUT2D eigenvalue weighted by molar-refractivity contribution is 8.00. The molecule has 0 aliphatic heterocycles. The number of hydrogen-bond donors (Lipinski definition) is 1. The van der Waals surface area contributed by atoms with Crippen molar-refractivity contribution in [3.8, 4) is 5.75 Å². The highest BCUT2D eigenvalue weighted by Crippen LogP contribution is 2.24. The number of ether oxygens (including phenoxy) is 1. The van der Waals surface area contributed by atoms with E-state index in [4.69, 9.17) is 4.74 Å². The monoisotopic (exact) mass is 394 g/mol. The summed E-state index contributed by atoms with van der Waals surface area (Å²) in [6, 6.07) is 21.3. The van der Waals surface area contributed by atoms with Crippen LogP contribution in [0.15, 0.2) is 71.6 Å². The van der Waals surface area contributed by atoms with E-state index in [1.54, 1.807) is 38.4 Å². The summed E-state index contributed by atoms with van der Waals surface area (Å²) in [4.78, 5) is 26.3. The molecule has 0 fully saturated rings. The van der Waals surface area contributed by atoms with E-state index in [9.17, 15) is 9.59 Å². The Morgan fingerprint density at radius 2 is 1.68 bits per heavy atom. The lowest BCUT2D eigenvalue weighted by Gasteiger charge is -2.11. The summed E-state index contributed by atoms with van der Waals surface area (Å²) in [6.07, 6.45) is 0. The number of fused-ring (bicyclic) bond motifs is 1. The molecule has 0 bridgehead atoms. The third kappa shape index (κ3) is 5.50. The van der Waals surface area contributed by atoms with E-state index >= 15 is 0 Å². The van der Waals surface area contributed by atoms with E-state index in [1.807, 2.05) is 18.2 Å². The summed E-state index contributed by atoms with van der Waals surface area (Å²) in [6.45, 7) is -0.0128. The van der Waals surface area contributed by atoms with Crippen LogP contribution in [0, 0.1) is 0 Å². The molecule has 0 unspecified atom stereocenters. The van der Waals surface area contributed by atoms with Crippen LogP contribution in [0.2, 0.25) is 0 Å². The zero-order chi connectivity index (χ0) is 19.9. The predicted octanol–water partition coefficient (Wildman–Crippen LogP) is 4.04. The first-order valence-corrected chi connectivity index (χ1v) is 9.84.